The first kappa shape index (κ1) is 17.7. The second-order valence-electron chi connectivity index (χ2n) is 7.55. The van der Waals surface area contributed by atoms with Crippen LogP contribution < -0.4 is 10.6 Å². The first-order valence-corrected chi connectivity index (χ1v) is 9.92. The minimum absolute atomic E-state index is 0.599. The Bertz CT molecular complexity index is 1130. The summed E-state index contributed by atoms with van der Waals surface area (Å²) in [5, 5.41) is 4.51. The normalized spacial score (nSPS) is 15.1. The molecule has 146 valence electrons. The van der Waals surface area contributed by atoms with Crippen molar-refractivity contribution >= 4 is 17.2 Å². The number of likely N-dealkylation sites (N-methyl/N-ethyl adjacent to an activating group) is 1. The number of nitrogens with zero attached hydrogens (tertiary/aromatic N) is 5. The molecule has 0 radical (unpaired) electrons. The predicted molar refractivity (Wildman–Crippen MR) is 118 cm³/mol. The molecule has 3 heterocycles. The number of hydrogen-bond acceptors (Lipinski definition) is 5. The number of rotatable bonds is 3. The topological polar surface area (TPSA) is 62.7 Å². The maximum absolute atomic E-state index is 6.43. The molecule has 0 amide bonds. The second-order valence-corrected chi connectivity index (χ2v) is 7.55. The van der Waals surface area contributed by atoms with E-state index < -0.39 is 0 Å². The van der Waals surface area contributed by atoms with Crippen molar-refractivity contribution in [3.8, 4) is 22.3 Å². The van der Waals surface area contributed by atoms with Gasteiger partial charge in [-0.1, -0.05) is 42.5 Å². The van der Waals surface area contributed by atoms with Gasteiger partial charge in [0.25, 0.3) is 0 Å². The summed E-state index contributed by atoms with van der Waals surface area (Å²) in [6, 6.07) is 18.7. The zero-order chi connectivity index (χ0) is 19.8. The maximum atomic E-state index is 6.43. The number of fused-ring (bicyclic) bond motifs is 1. The van der Waals surface area contributed by atoms with Crippen LogP contribution >= 0.6 is 0 Å². The molecule has 1 aliphatic heterocycles. The van der Waals surface area contributed by atoms with E-state index >= 15 is 0 Å². The number of hydrogen-bond donors (Lipinski definition) is 1. The largest absolute Gasteiger partial charge is 0.383 e. The minimum atomic E-state index is 0.599. The monoisotopic (exact) mass is 384 g/mol. The molecule has 0 bridgehead atoms. The van der Waals surface area contributed by atoms with Gasteiger partial charge in [0.1, 0.15) is 5.82 Å². The summed E-state index contributed by atoms with van der Waals surface area (Å²) in [5.41, 5.74) is 12.5. The van der Waals surface area contributed by atoms with Gasteiger partial charge in [-0.25, -0.2) is 4.98 Å². The summed E-state index contributed by atoms with van der Waals surface area (Å²) in [7, 11) is 2.17. The first-order chi connectivity index (χ1) is 14.2. The molecular formula is C23H24N6. The molecule has 2 aromatic heterocycles. The highest BCUT2D eigenvalue weighted by Gasteiger charge is 2.16. The zero-order valence-corrected chi connectivity index (χ0v) is 16.5. The van der Waals surface area contributed by atoms with E-state index in [-0.39, 0.29) is 0 Å². The fourth-order valence-corrected chi connectivity index (χ4v) is 3.91. The molecule has 0 atom stereocenters. The van der Waals surface area contributed by atoms with E-state index in [1.165, 1.54) is 5.69 Å². The van der Waals surface area contributed by atoms with E-state index in [0.29, 0.717) is 5.82 Å². The van der Waals surface area contributed by atoms with Gasteiger partial charge in [-0.2, -0.15) is 9.61 Å². The van der Waals surface area contributed by atoms with E-state index in [1.807, 2.05) is 42.7 Å². The molecule has 4 aromatic rings. The highest BCUT2D eigenvalue weighted by atomic mass is 15.3. The minimum Gasteiger partial charge on any atom is -0.383 e. The molecule has 6 nitrogen and oxygen atoms in total. The van der Waals surface area contributed by atoms with Gasteiger partial charge in [0, 0.05) is 49.2 Å². The Kier molecular flexibility index (Phi) is 4.41. The van der Waals surface area contributed by atoms with E-state index in [0.717, 1.165) is 54.1 Å². The summed E-state index contributed by atoms with van der Waals surface area (Å²) in [5.74, 6) is 0.599. The highest BCUT2D eigenvalue weighted by molar-refractivity contribution is 5.82. The molecule has 5 rings (SSSR count). The second kappa shape index (κ2) is 7.22. The number of anilines is 2. The number of piperazine rings is 1. The Morgan fingerprint density at radius 2 is 1.48 bits per heavy atom. The van der Waals surface area contributed by atoms with E-state index in [1.54, 1.807) is 4.52 Å². The van der Waals surface area contributed by atoms with Crippen LogP contribution in [0.2, 0.25) is 0 Å². The van der Waals surface area contributed by atoms with E-state index in [9.17, 15) is 0 Å². The zero-order valence-electron chi connectivity index (χ0n) is 16.5. The average molecular weight is 384 g/mol. The lowest BCUT2D eigenvalue weighted by atomic mass is 10.1. The summed E-state index contributed by atoms with van der Waals surface area (Å²) in [6.07, 6.45) is 3.68. The number of aromatic nitrogens is 3. The molecule has 0 saturated carbocycles. The van der Waals surface area contributed by atoms with Crippen LogP contribution in [0.3, 0.4) is 0 Å². The molecule has 29 heavy (non-hydrogen) atoms. The molecule has 0 spiro atoms. The van der Waals surface area contributed by atoms with Gasteiger partial charge in [0.2, 0.25) is 0 Å². The molecule has 2 aromatic carbocycles. The van der Waals surface area contributed by atoms with Gasteiger partial charge in [-0.3, -0.25) is 0 Å². The highest BCUT2D eigenvalue weighted by Crippen LogP contribution is 2.30. The Hall–Kier alpha value is -3.38. The van der Waals surface area contributed by atoms with Crippen molar-refractivity contribution in [1.29, 1.82) is 0 Å². The van der Waals surface area contributed by atoms with Crippen LogP contribution in [-0.2, 0) is 0 Å². The Labute approximate surface area is 170 Å². The number of nitrogen functional groups attached to an aromatic ring is 1. The van der Waals surface area contributed by atoms with Crippen LogP contribution in [-0.4, -0.2) is 52.7 Å². The number of nitrogens with two attached hydrogens (primary N) is 1. The molecule has 0 aliphatic carbocycles. The lowest BCUT2D eigenvalue weighted by Gasteiger charge is -2.34. The molecule has 6 heteroatoms. The van der Waals surface area contributed by atoms with Crippen LogP contribution in [0.15, 0.2) is 67.0 Å². The molecular weight excluding hydrogens is 360 g/mol. The third-order valence-corrected chi connectivity index (χ3v) is 5.70. The molecule has 1 fully saturated rings. The third kappa shape index (κ3) is 3.21. The third-order valence-electron chi connectivity index (χ3n) is 5.70. The van der Waals surface area contributed by atoms with Crippen LogP contribution in [0.5, 0.6) is 0 Å². The van der Waals surface area contributed by atoms with Crippen LogP contribution in [0, 0.1) is 0 Å². The van der Waals surface area contributed by atoms with Crippen molar-refractivity contribution in [2.24, 2.45) is 0 Å². The van der Waals surface area contributed by atoms with Crippen molar-refractivity contribution in [3.63, 3.8) is 0 Å². The average Bonchev–Trinajstić information content (AvgIpc) is 3.20. The fraction of sp³-hybridized carbons (Fsp3) is 0.217. The van der Waals surface area contributed by atoms with Gasteiger partial charge in [-0.05, 0) is 30.3 Å². The quantitative estimate of drug-likeness (QED) is 0.587. The van der Waals surface area contributed by atoms with Crippen LogP contribution in [0.25, 0.3) is 27.9 Å². The van der Waals surface area contributed by atoms with Gasteiger partial charge in [0.15, 0.2) is 5.65 Å². The summed E-state index contributed by atoms with van der Waals surface area (Å²) >= 11 is 0. The summed E-state index contributed by atoms with van der Waals surface area (Å²) < 4.78 is 1.73. The molecule has 2 N–H and O–H groups in total. The van der Waals surface area contributed by atoms with Crippen molar-refractivity contribution in [3.05, 3.63) is 67.0 Å². The lowest BCUT2D eigenvalue weighted by molar-refractivity contribution is 0.313. The maximum Gasteiger partial charge on any atom is 0.165 e. The summed E-state index contributed by atoms with van der Waals surface area (Å²) in [6.45, 7) is 4.32. The predicted octanol–water partition coefficient (Wildman–Crippen LogP) is 3.40. The molecule has 0 unspecified atom stereocenters. The standard InChI is InChI=1S/C23H24N6/c1-27-11-13-28(14-12-27)19-9-7-18(8-10-19)21-16-26-29-22(24)20(15-25-23(21)29)17-5-3-2-4-6-17/h2-10,15-16H,11-14,24H2,1H3. The van der Waals surface area contributed by atoms with Crippen LogP contribution in [0.1, 0.15) is 0 Å². The van der Waals surface area contributed by atoms with Crippen LogP contribution in [0.4, 0.5) is 11.5 Å². The smallest absolute Gasteiger partial charge is 0.165 e. The van der Waals surface area contributed by atoms with Gasteiger partial charge in [0.05, 0.1) is 6.20 Å². The van der Waals surface area contributed by atoms with E-state index in [4.69, 9.17) is 5.73 Å². The Morgan fingerprint density at radius 1 is 0.793 bits per heavy atom. The van der Waals surface area contributed by atoms with Gasteiger partial charge in [-0.15, -0.1) is 0 Å². The van der Waals surface area contributed by atoms with Crippen molar-refractivity contribution in [2.45, 2.75) is 0 Å². The number of benzene rings is 2. The molecule has 1 aliphatic rings. The molecule has 1 saturated heterocycles. The lowest BCUT2D eigenvalue weighted by Crippen LogP contribution is -2.44. The van der Waals surface area contributed by atoms with Gasteiger partial charge < -0.3 is 15.5 Å². The Morgan fingerprint density at radius 3 is 2.21 bits per heavy atom. The van der Waals surface area contributed by atoms with Crippen molar-refractivity contribution < 1.29 is 0 Å². The summed E-state index contributed by atoms with van der Waals surface area (Å²) in [4.78, 5) is 9.48. The Balaban J connectivity index is 1.47. The first-order valence-electron chi connectivity index (χ1n) is 9.92. The van der Waals surface area contributed by atoms with Crippen molar-refractivity contribution in [1.82, 2.24) is 19.5 Å². The van der Waals surface area contributed by atoms with E-state index in [2.05, 4.69) is 51.2 Å². The van der Waals surface area contributed by atoms with Crippen molar-refractivity contribution in [2.75, 3.05) is 43.9 Å². The van der Waals surface area contributed by atoms with Gasteiger partial charge >= 0.3 is 0 Å². The SMILES string of the molecule is CN1CCN(c2ccc(-c3cnn4c(N)c(-c5ccccc5)cnc34)cc2)CC1. The fourth-order valence-electron chi connectivity index (χ4n) is 3.91.